The number of benzene rings is 1. The molecule has 1 unspecified atom stereocenters. The van der Waals surface area contributed by atoms with Crippen molar-refractivity contribution in [2.75, 3.05) is 0 Å². The summed E-state index contributed by atoms with van der Waals surface area (Å²) in [6.07, 6.45) is 4.40. The van der Waals surface area contributed by atoms with Crippen molar-refractivity contribution in [1.82, 2.24) is 0 Å². The summed E-state index contributed by atoms with van der Waals surface area (Å²) < 4.78 is 6.35. The highest BCUT2D eigenvalue weighted by molar-refractivity contribution is 5.75. The molecule has 2 aliphatic rings. The second kappa shape index (κ2) is 4.65. The zero-order valence-electron chi connectivity index (χ0n) is 13.0. The summed E-state index contributed by atoms with van der Waals surface area (Å²) in [4.78, 5) is 11.5. The minimum absolute atomic E-state index is 0.0525. The third-order valence-electron chi connectivity index (χ3n) is 5.32. The molecule has 1 fully saturated rings. The third-order valence-corrected chi connectivity index (χ3v) is 5.32. The highest BCUT2D eigenvalue weighted by Gasteiger charge is 2.47. The van der Waals surface area contributed by atoms with Gasteiger partial charge in [0, 0.05) is 17.9 Å². The molecule has 3 N–H and O–H groups in total. The molecule has 114 valence electrons. The molecule has 1 aromatic rings. The number of rotatable bonds is 2. The van der Waals surface area contributed by atoms with Gasteiger partial charge in [0.2, 0.25) is 5.91 Å². The van der Waals surface area contributed by atoms with Gasteiger partial charge in [0.05, 0.1) is 0 Å². The van der Waals surface area contributed by atoms with Crippen molar-refractivity contribution in [3.8, 4) is 11.5 Å². The van der Waals surface area contributed by atoms with Gasteiger partial charge < -0.3 is 15.6 Å². The largest absolute Gasteiger partial charge is 0.507 e. The first-order valence-corrected chi connectivity index (χ1v) is 7.64. The lowest BCUT2D eigenvalue weighted by Crippen LogP contribution is -2.47. The molecular weight excluding hydrogens is 266 g/mol. The molecule has 1 aliphatic carbocycles. The molecule has 0 saturated heterocycles. The van der Waals surface area contributed by atoms with E-state index in [1.165, 1.54) is 6.42 Å². The van der Waals surface area contributed by atoms with Crippen molar-refractivity contribution in [2.24, 2.45) is 5.73 Å². The number of aromatic hydroxyl groups is 1. The van der Waals surface area contributed by atoms with Gasteiger partial charge in [-0.2, -0.15) is 0 Å². The van der Waals surface area contributed by atoms with Gasteiger partial charge in [-0.1, -0.05) is 0 Å². The predicted molar refractivity (Wildman–Crippen MR) is 80.7 cm³/mol. The monoisotopic (exact) mass is 289 g/mol. The summed E-state index contributed by atoms with van der Waals surface area (Å²) in [6.45, 7) is 5.79. The fraction of sp³-hybridized carbons (Fsp3) is 0.588. The summed E-state index contributed by atoms with van der Waals surface area (Å²) in [5, 5.41) is 10.3. The number of ether oxygens (including phenoxy) is 1. The van der Waals surface area contributed by atoms with Crippen molar-refractivity contribution in [3.05, 3.63) is 22.3 Å². The first-order valence-electron chi connectivity index (χ1n) is 7.64. The molecule has 21 heavy (non-hydrogen) atoms. The van der Waals surface area contributed by atoms with Crippen LogP contribution in [0.3, 0.4) is 0 Å². The Morgan fingerprint density at radius 1 is 1.29 bits per heavy atom. The van der Waals surface area contributed by atoms with Crippen LogP contribution >= 0.6 is 0 Å². The maximum atomic E-state index is 11.5. The Morgan fingerprint density at radius 2 is 1.95 bits per heavy atom. The van der Waals surface area contributed by atoms with Gasteiger partial charge in [-0.3, -0.25) is 4.79 Å². The number of primary amides is 1. The van der Waals surface area contributed by atoms with Crippen LogP contribution in [0.25, 0.3) is 0 Å². The molecule has 1 spiro atoms. The van der Waals surface area contributed by atoms with Crippen molar-refractivity contribution >= 4 is 5.91 Å². The second-order valence-corrected chi connectivity index (χ2v) is 6.68. The number of phenols is 1. The average molecular weight is 289 g/mol. The Balaban J connectivity index is 2.16. The molecule has 3 rings (SSSR count). The Kier molecular flexibility index (Phi) is 3.15. The normalized spacial score (nSPS) is 22.3. The first-order chi connectivity index (χ1) is 9.84. The van der Waals surface area contributed by atoms with Crippen molar-refractivity contribution in [1.29, 1.82) is 0 Å². The van der Waals surface area contributed by atoms with Crippen LogP contribution in [-0.4, -0.2) is 16.6 Å². The van der Waals surface area contributed by atoms with Crippen LogP contribution in [0.1, 0.15) is 60.3 Å². The number of fused-ring (bicyclic) bond motifs is 1. The van der Waals surface area contributed by atoms with E-state index >= 15 is 0 Å². The van der Waals surface area contributed by atoms with E-state index in [9.17, 15) is 9.90 Å². The van der Waals surface area contributed by atoms with E-state index in [0.29, 0.717) is 12.2 Å². The number of carbonyl (C=O) groups excluding carboxylic acids is 1. The zero-order chi connectivity index (χ0) is 15.4. The minimum atomic E-state index is -0.292. The predicted octanol–water partition coefficient (Wildman–Crippen LogP) is 2.98. The van der Waals surface area contributed by atoms with E-state index in [2.05, 4.69) is 0 Å². The summed E-state index contributed by atoms with van der Waals surface area (Å²) in [5.74, 6) is 0.949. The second-order valence-electron chi connectivity index (χ2n) is 6.68. The van der Waals surface area contributed by atoms with Gasteiger partial charge in [-0.25, -0.2) is 0 Å². The highest BCUT2D eigenvalue weighted by atomic mass is 16.5. The molecule has 1 aliphatic heterocycles. The van der Waals surface area contributed by atoms with Crippen molar-refractivity contribution < 1.29 is 14.6 Å². The summed E-state index contributed by atoms with van der Waals surface area (Å²) in [7, 11) is 0. The van der Waals surface area contributed by atoms with Crippen molar-refractivity contribution in [2.45, 2.75) is 64.4 Å². The van der Waals surface area contributed by atoms with Gasteiger partial charge >= 0.3 is 0 Å². The zero-order valence-corrected chi connectivity index (χ0v) is 13.0. The van der Waals surface area contributed by atoms with Gasteiger partial charge in [0.1, 0.15) is 17.1 Å². The van der Waals surface area contributed by atoms with Crippen LogP contribution in [0.4, 0.5) is 0 Å². The molecule has 0 bridgehead atoms. The van der Waals surface area contributed by atoms with Gasteiger partial charge in [0.15, 0.2) is 0 Å². The minimum Gasteiger partial charge on any atom is -0.507 e. The van der Waals surface area contributed by atoms with Crippen LogP contribution in [0.2, 0.25) is 0 Å². The molecule has 1 saturated carbocycles. The van der Waals surface area contributed by atoms with E-state index < -0.39 is 0 Å². The summed E-state index contributed by atoms with van der Waals surface area (Å²) in [5.41, 5.74) is 8.97. The van der Waals surface area contributed by atoms with Crippen molar-refractivity contribution in [3.63, 3.8) is 0 Å². The third kappa shape index (κ3) is 2.08. The molecule has 4 nitrogen and oxygen atoms in total. The van der Waals surface area contributed by atoms with E-state index in [4.69, 9.17) is 10.5 Å². The van der Waals surface area contributed by atoms with Crippen LogP contribution in [-0.2, 0) is 4.79 Å². The lowest BCUT2D eigenvalue weighted by molar-refractivity contribution is -0.119. The Hall–Kier alpha value is -1.71. The quantitative estimate of drug-likeness (QED) is 0.879. The molecule has 0 aromatic heterocycles. The number of amides is 1. The Bertz CT molecular complexity index is 617. The maximum absolute atomic E-state index is 11.5. The van der Waals surface area contributed by atoms with Crippen LogP contribution in [0.15, 0.2) is 0 Å². The smallest absolute Gasteiger partial charge is 0.218 e. The summed E-state index contributed by atoms with van der Waals surface area (Å²) >= 11 is 0. The van der Waals surface area contributed by atoms with E-state index in [1.807, 2.05) is 20.8 Å². The fourth-order valence-electron chi connectivity index (χ4n) is 3.86. The number of phenolic OH excluding ortho intramolecular Hbond substituents is 1. The van der Waals surface area contributed by atoms with E-state index in [1.54, 1.807) is 0 Å². The van der Waals surface area contributed by atoms with Crippen LogP contribution < -0.4 is 10.5 Å². The fourth-order valence-corrected chi connectivity index (χ4v) is 3.86. The van der Waals surface area contributed by atoms with Gasteiger partial charge in [-0.15, -0.1) is 0 Å². The van der Waals surface area contributed by atoms with E-state index in [-0.39, 0.29) is 17.4 Å². The SMILES string of the molecule is Cc1c(C)c2c(c(C)c1O)C(CC(N)=O)CC1(CCC1)O2. The lowest BCUT2D eigenvalue weighted by atomic mass is 9.69. The van der Waals surface area contributed by atoms with Crippen LogP contribution in [0.5, 0.6) is 11.5 Å². The number of nitrogens with two attached hydrogens (primary N) is 1. The molecular formula is C17H23NO3. The number of carbonyl (C=O) groups is 1. The topological polar surface area (TPSA) is 72.5 Å². The number of hydrogen-bond donors (Lipinski definition) is 2. The highest BCUT2D eigenvalue weighted by Crippen LogP contribution is 2.54. The standard InChI is InChI=1S/C17H23NO3/c1-9-10(2)16-14(11(3)15(9)20)12(7-13(18)19)8-17(21-16)5-4-6-17/h12,20H,4-8H2,1-3H3,(H2,18,19). The van der Waals surface area contributed by atoms with Gasteiger partial charge in [-0.05, 0) is 63.1 Å². The Morgan fingerprint density at radius 3 is 2.48 bits per heavy atom. The van der Waals surface area contributed by atoms with E-state index in [0.717, 1.165) is 47.3 Å². The molecule has 0 radical (unpaired) electrons. The average Bonchev–Trinajstić information content (AvgIpc) is 2.39. The molecule has 1 amide bonds. The van der Waals surface area contributed by atoms with Crippen LogP contribution in [0, 0.1) is 20.8 Å². The molecule has 1 aromatic carbocycles. The lowest BCUT2D eigenvalue weighted by Gasteiger charge is -2.49. The molecule has 1 heterocycles. The molecule has 1 atom stereocenters. The number of hydrogen-bond acceptors (Lipinski definition) is 3. The summed E-state index contributed by atoms with van der Waals surface area (Å²) in [6, 6.07) is 0. The molecule has 4 heteroatoms. The first kappa shape index (κ1) is 14.2. The maximum Gasteiger partial charge on any atom is 0.218 e. The van der Waals surface area contributed by atoms with Gasteiger partial charge in [0.25, 0.3) is 0 Å². The Labute approximate surface area is 125 Å².